The van der Waals surface area contributed by atoms with Gasteiger partial charge in [-0.1, -0.05) is 23.7 Å². The zero-order chi connectivity index (χ0) is 23.9. The van der Waals surface area contributed by atoms with Gasteiger partial charge in [0.1, 0.15) is 17.1 Å². The first-order chi connectivity index (χ1) is 15.5. The van der Waals surface area contributed by atoms with Crippen LogP contribution in [0.3, 0.4) is 0 Å². The van der Waals surface area contributed by atoms with Crippen molar-refractivity contribution in [2.45, 2.75) is 6.18 Å². The maximum absolute atomic E-state index is 13.1. The lowest BCUT2D eigenvalue weighted by Gasteiger charge is -2.29. The summed E-state index contributed by atoms with van der Waals surface area (Å²) in [6, 6.07) is 12.4. The largest absolute Gasteiger partial charge is 0.457 e. The molecule has 2 amide bonds. The molecule has 1 aliphatic heterocycles. The van der Waals surface area contributed by atoms with E-state index in [0.29, 0.717) is 20.8 Å². The Morgan fingerprint density at radius 2 is 1.85 bits per heavy atom. The van der Waals surface area contributed by atoms with Crippen molar-refractivity contribution in [1.82, 2.24) is 5.32 Å². The Morgan fingerprint density at radius 3 is 2.55 bits per heavy atom. The molecular weight excluding hydrogens is 545 g/mol. The molecule has 2 aromatic carbocycles. The van der Waals surface area contributed by atoms with Gasteiger partial charge in [-0.05, 0) is 76.7 Å². The Morgan fingerprint density at radius 1 is 1.09 bits per heavy atom. The van der Waals surface area contributed by atoms with E-state index in [2.05, 4.69) is 21.2 Å². The number of amides is 2. The lowest BCUT2D eigenvalue weighted by Crippen LogP contribution is -2.54. The second kappa shape index (κ2) is 8.77. The fraction of sp³-hybridized carbons (Fsp3) is 0.0455. The number of rotatable bonds is 3. The minimum absolute atomic E-state index is 0.129. The van der Waals surface area contributed by atoms with Gasteiger partial charge in [0.15, 0.2) is 5.11 Å². The van der Waals surface area contributed by atoms with Crippen LogP contribution in [0.1, 0.15) is 11.3 Å². The van der Waals surface area contributed by atoms with Crippen molar-refractivity contribution in [2.24, 2.45) is 0 Å². The molecule has 11 heteroatoms. The van der Waals surface area contributed by atoms with E-state index in [4.69, 9.17) is 28.2 Å². The van der Waals surface area contributed by atoms with Gasteiger partial charge < -0.3 is 4.42 Å². The van der Waals surface area contributed by atoms with Gasteiger partial charge >= 0.3 is 6.18 Å². The molecule has 1 N–H and O–H groups in total. The molecule has 0 saturated carbocycles. The van der Waals surface area contributed by atoms with Crippen LogP contribution < -0.4 is 10.2 Å². The van der Waals surface area contributed by atoms with E-state index in [0.717, 1.165) is 23.1 Å². The molecule has 0 bridgehead atoms. The van der Waals surface area contributed by atoms with Crippen LogP contribution in [-0.4, -0.2) is 16.9 Å². The van der Waals surface area contributed by atoms with Crippen LogP contribution in [0.5, 0.6) is 0 Å². The Hall–Kier alpha value is -2.95. The highest BCUT2D eigenvalue weighted by Crippen LogP contribution is 2.33. The molecule has 1 aromatic heterocycles. The number of carbonyl (C=O) groups is 2. The lowest BCUT2D eigenvalue weighted by atomic mass is 10.1. The molecule has 5 nitrogen and oxygen atoms in total. The van der Waals surface area contributed by atoms with E-state index in [1.54, 1.807) is 30.3 Å². The molecule has 3 aromatic rings. The molecule has 33 heavy (non-hydrogen) atoms. The highest BCUT2D eigenvalue weighted by molar-refractivity contribution is 9.10. The van der Waals surface area contributed by atoms with E-state index in [-0.39, 0.29) is 22.1 Å². The van der Waals surface area contributed by atoms with Gasteiger partial charge in [0.05, 0.1) is 16.3 Å². The first-order valence-corrected chi connectivity index (χ1v) is 10.8. The topological polar surface area (TPSA) is 62.6 Å². The van der Waals surface area contributed by atoms with Crippen LogP contribution in [0.15, 0.2) is 69.1 Å². The predicted octanol–water partition coefficient (Wildman–Crippen LogP) is 6.21. The zero-order valence-electron chi connectivity index (χ0n) is 16.2. The average molecular weight is 556 g/mol. The van der Waals surface area contributed by atoms with Crippen molar-refractivity contribution in [2.75, 3.05) is 4.90 Å². The van der Waals surface area contributed by atoms with Crippen molar-refractivity contribution >= 4 is 68.4 Å². The smallest absolute Gasteiger partial charge is 0.416 e. The quantitative estimate of drug-likeness (QED) is 0.237. The monoisotopic (exact) mass is 554 g/mol. The summed E-state index contributed by atoms with van der Waals surface area (Å²) in [6.07, 6.45) is -3.41. The maximum Gasteiger partial charge on any atom is 0.416 e. The summed E-state index contributed by atoms with van der Waals surface area (Å²) in [5.41, 5.74) is -0.771. The summed E-state index contributed by atoms with van der Waals surface area (Å²) in [5, 5.41) is 2.46. The molecule has 0 radical (unpaired) electrons. The molecule has 0 aliphatic carbocycles. The number of carbonyl (C=O) groups excluding carboxylic acids is 2. The van der Waals surface area contributed by atoms with Crippen LogP contribution >= 0.6 is 39.7 Å². The molecule has 2 heterocycles. The fourth-order valence-electron chi connectivity index (χ4n) is 3.09. The van der Waals surface area contributed by atoms with Crippen molar-refractivity contribution in [1.29, 1.82) is 0 Å². The number of hydrogen-bond acceptors (Lipinski definition) is 4. The van der Waals surface area contributed by atoms with E-state index in [1.165, 1.54) is 12.1 Å². The van der Waals surface area contributed by atoms with Crippen molar-refractivity contribution in [3.8, 4) is 11.3 Å². The molecule has 168 valence electrons. The van der Waals surface area contributed by atoms with Crippen LogP contribution in [0.2, 0.25) is 5.02 Å². The lowest BCUT2D eigenvalue weighted by molar-refractivity contribution is -0.137. The number of nitrogens with zero attached hydrogens (tertiary/aromatic N) is 1. The standard InChI is InChI=1S/C22H11BrClF3N2O3S/c23-16-6-4-11(8-17(16)24)18-7-5-14(32-18)10-15-19(30)28-21(33)29(20(15)31)13-3-1-2-12(9-13)22(25,26)27/h1-10H,(H,28,30,33)/b15-10+. The van der Waals surface area contributed by atoms with E-state index in [9.17, 15) is 22.8 Å². The average Bonchev–Trinajstić information content (AvgIpc) is 3.21. The van der Waals surface area contributed by atoms with E-state index < -0.39 is 23.6 Å². The van der Waals surface area contributed by atoms with Crippen LogP contribution in [0.25, 0.3) is 17.4 Å². The van der Waals surface area contributed by atoms with Gasteiger partial charge in [-0.25, -0.2) is 0 Å². The predicted molar refractivity (Wildman–Crippen MR) is 125 cm³/mol. The highest BCUT2D eigenvalue weighted by atomic mass is 79.9. The highest BCUT2D eigenvalue weighted by Gasteiger charge is 2.36. The number of thiocarbonyl (C=S) groups is 1. The number of halogens is 5. The zero-order valence-corrected chi connectivity index (χ0v) is 19.4. The minimum Gasteiger partial charge on any atom is -0.457 e. The minimum atomic E-state index is -4.61. The second-order valence-electron chi connectivity index (χ2n) is 6.84. The number of nitrogens with one attached hydrogen (secondary N) is 1. The second-order valence-corrected chi connectivity index (χ2v) is 8.49. The fourth-order valence-corrected chi connectivity index (χ4v) is 3.80. The van der Waals surface area contributed by atoms with Crippen LogP contribution in [0.4, 0.5) is 18.9 Å². The summed E-state index contributed by atoms with van der Waals surface area (Å²) in [5.74, 6) is -1.06. The van der Waals surface area contributed by atoms with Crippen LogP contribution in [0, 0.1) is 0 Å². The van der Waals surface area contributed by atoms with Gasteiger partial charge in [0.25, 0.3) is 11.8 Å². The summed E-state index contributed by atoms with van der Waals surface area (Å²) in [6.45, 7) is 0. The van der Waals surface area contributed by atoms with Crippen LogP contribution in [-0.2, 0) is 15.8 Å². The maximum atomic E-state index is 13.1. The van der Waals surface area contributed by atoms with Gasteiger partial charge in [0, 0.05) is 10.0 Å². The van der Waals surface area contributed by atoms with Crippen molar-refractivity contribution < 1.29 is 27.2 Å². The third-order valence-corrected chi connectivity index (χ3v) is 6.17. The first kappa shape index (κ1) is 23.2. The SMILES string of the molecule is O=C1NC(=S)N(c2cccc(C(F)(F)F)c2)C(=O)/C1=C/c1ccc(-c2ccc(Br)c(Cl)c2)o1. The first-order valence-electron chi connectivity index (χ1n) is 9.18. The summed E-state index contributed by atoms with van der Waals surface area (Å²) < 4.78 is 45.7. The van der Waals surface area contributed by atoms with Gasteiger partial charge in [0.2, 0.25) is 0 Å². The van der Waals surface area contributed by atoms with E-state index in [1.807, 2.05) is 0 Å². The normalized spacial score (nSPS) is 15.8. The Balaban J connectivity index is 1.68. The van der Waals surface area contributed by atoms with Crippen molar-refractivity contribution in [3.63, 3.8) is 0 Å². The number of alkyl halides is 3. The third kappa shape index (κ3) is 4.73. The van der Waals surface area contributed by atoms with Crippen molar-refractivity contribution in [3.05, 3.63) is 81.0 Å². The van der Waals surface area contributed by atoms with Gasteiger partial charge in [-0.3, -0.25) is 19.8 Å². The Labute approximate surface area is 203 Å². The molecule has 0 unspecified atom stereocenters. The molecule has 4 rings (SSSR count). The summed E-state index contributed by atoms with van der Waals surface area (Å²) in [4.78, 5) is 26.3. The molecule has 0 spiro atoms. The molecular formula is C22H11BrClF3N2O3S. The molecule has 1 aliphatic rings. The summed E-state index contributed by atoms with van der Waals surface area (Å²) in [7, 11) is 0. The Kier molecular flexibility index (Phi) is 6.17. The van der Waals surface area contributed by atoms with E-state index >= 15 is 0 Å². The number of hydrogen-bond donors (Lipinski definition) is 1. The third-order valence-electron chi connectivity index (χ3n) is 4.65. The number of anilines is 1. The Bertz CT molecular complexity index is 1340. The van der Waals surface area contributed by atoms with Gasteiger partial charge in [-0.15, -0.1) is 0 Å². The number of benzene rings is 2. The molecule has 0 atom stereocenters. The molecule has 1 saturated heterocycles. The summed E-state index contributed by atoms with van der Waals surface area (Å²) >= 11 is 14.4. The van der Waals surface area contributed by atoms with Gasteiger partial charge in [-0.2, -0.15) is 13.2 Å². The molecule has 1 fully saturated rings. The number of furan rings is 1.